The highest BCUT2D eigenvalue weighted by molar-refractivity contribution is 7.13. The number of aryl methyl sites for hydroxylation is 1. The van der Waals surface area contributed by atoms with E-state index in [1.54, 1.807) is 12.3 Å². The second-order valence-electron chi connectivity index (χ2n) is 4.47. The molecule has 4 nitrogen and oxygen atoms in total. The van der Waals surface area contributed by atoms with Gasteiger partial charge in [-0.2, -0.15) is 0 Å². The maximum absolute atomic E-state index is 11.3. The van der Waals surface area contributed by atoms with E-state index in [0.717, 1.165) is 16.1 Å². The number of nitrogens with zero attached hydrogens (tertiary/aromatic N) is 1. The Morgan fingerprint density at radius 1 is 1.50 bits per heavy atom. The molecule has 0 bridgehead atoms. The van der Waals surface area contributed by atoms with Gasteiger partial charge in [0.1, 0.15) is 11.1 Å². The average molecular weight is 291 g/mol. The van der Waals surface area contributed by atoms with Gasteiger partial charge < -0.3 is 9.84 Å². The molecule has 0 unspecified atom stereocenters. The third-order valence-electron chi connectivity index (χ3n) is 2.79. The van der Waals surface area contributed by atoms with E-state index in [4.69, 9.17) is 4.74 Å². The van der Waals surface area contributed by atoms with Crippen LogP contribution in [0.3, 0.4) is 0 Å². The fourth-order valence-corrected chi connectivity index (χ4v) is 2.70. The molecule has 2 rings (SSSR count). The molecule has 0 aliphatic heterocycles. The van der Waals surface area contributed by atoms with E-state index in [1.807, 2.05) is 31.2 Å². The summed E-state index contributed by atoms with van der Waals surface area (Å²) in [5.41, 5.74) is 2.69. The van der Waals surface area contributed by atoms with E-state index in [0.29, 0.717) is 12.3 Å². The van der Waals surface area contributed by atoms with Gasteiger partial charge in [-0.05, 0) is 19.9 Å². The third kappa shape index (κ3) is 3.65. The lowest BCUT2D eigenvalue weighted by Crippen LogP contribution is -2.10. The maximum atomic E-state index is 11.3. The van der Waals surface area contributed by atoms with Gasteiger partial charge >= 0.3 is 5.97 Å². The lowest BCUT2D eigenvalue weighted by atomic mass is 10.1. The first kappa shape index (κ1) is 14.7. The second kappa shape index (κ2) is 6.63. The van der Waals surface area contributed by atoms with Gasteiger partial charge in [0, 0.05) is 10.9 Å². The Hall–Kier alpha value is -1.72. The Morgan fingerprint density at radius 2 is 2.30 bits per heavy atom. The van der Waals surface area contributed by atoms with Gasteiger partial charge in [-0.1, -0.05) is 23.8 Å². The summed E-state index contributed by atoms with van der Waals surface area (Å²) in [6.45, 7) is 4.08. The molecule has 106 valence electrons. The van der Waals surface area contributed by atoms with Crippen molar-refractivity contribution in [2.24, 2.45) is 0 Å². The first-order valence-corrected chi connectivity index (χ1v) is 7.34. The maximum Gasteiger partial charge on any atom is 0.308 e. The number of aliphatic hydroxyl groups excluding tert-OH is 1. The van der Waals surface area contributed by atoms with Gasteiger partial charge in [0.25, 0.3) is 0 Å². The third-order valence-corrected chi connectivity index (χ3v) is 3.70. The molecule has 0 amide bonds. The monoisotopic (exact) mass is 291 g/mol. The largest absolute Gasteiger partial charge is 0.466 e. The fourth-order valence-electron chi connectivity index (χ4n) is 1.83. The molecule has 20 heavy (non-hydrogen) atoms. The van der Waals surface area contributed by atoms with Crippen LogP contribution in [-0.2, 0) is 9.53 Å². The molecular formula is C15H17NO3S. The van der Waals surface area contributed by atoms with Crippen LogP contribution in [0.15, 0.2) is 29.6 Å². The summed E-state index contributed by atoms with van der Waals surface area (Å²) in [6.07, 6.45) is -0.978. The number of hydrogen-bond donors (Lipinski definition) is 1. The van der Waals surface area contributed by atoms with Gasteiger partial charge in [0.15, 0.2) is 0 Å². The minimum absolute atomic E-state index is 0.0647. The van der Waals surface area contributed by atoms with Crippen molar-refractivity contribution >= 4 is 17.3 Å². The molecule has 1 aromatic carbocycles. The lowest BCUT2D eigenvalue weighted by Gasteiger charge is -2.06. The van der Waals surface area contributed by atoms with Gasteiger partial charge in [-0.3, -0.25) is 4.79 Å². The molecule has 1 atom stereocenters. The van der Waals surface area contributed by atoms with Crippen molar-refractivity contribution in [1.82, 2.24) is 4.98 Å². The van der Waals surface area contributed by atoms with Crippen molar-refractivity contribution in [3.8, 4) is 10.6 Å². The van der Waals surface area contributed by atoms with E-state index >= 15 is 0 Å². The summed E-state index contributed by atoms with van der Waals surface area (Å²) in [7, 11) is 0. The van der Waals surface area contributed by atoms with E-state index in [-0.39, 0.29) is 6.42 Å². The predicted molar refractivity (Wildman–Crippen MR) is 78.5 cm³/mol. The molecule has 0 aliphatic rings. The molecular weight excluding hydrogens is 274 g/mol. The zero-order valence-electron chi connectivity index (χ0n) is 11.5. The molecule has 2 aromatic rings. The number of carbonyl (C=O) groups is 1. The van der Waals surface area contributed by atoms with Crippen molar-refractivity contribution in [3.63, 3.8) is 0 Å². The van der Waals surface area contributed by atoms with Crippen LogP contribution in [0.1, 0.15) is 30.7 Å². The smallest absolute Gasteiger partial charge is 0.308 e. The van der Waals surface area contributed by atoms with E-state index in [1.165, 1.54) is 11.3 Å². The predicted octanol–water partition coefficient (Wildman–Crippen LogP) is 3.11. The Morgan fingerprint density at radius 3 is 3.00 bits per heavy atom. The van der Waals surface area contributed by atoms with Crippen LogP contribution < -0.4 is 0 Å². The Balaban J connectivity index is 2.10. The summed E-state index contributed by atoms with van der Waals surface area (Å²) in [5.74, 6) is -0.412. The van der Waals surface area contributed by atoms with Crippen LogP contribution in [-0.4, -0.2) is 22.7 Å². The van der Waals surface area contributed by atoms with Crippen molar-refractivity contribution < 1.29 is 14.6 Å². The Labute approximate surface area is 122 Å². The summed E-state index contributed by atoms with van der Waals surface area (Å²) >= 11 is 1.46. The standard InChI is InChI=1S/C15H17NO3S/c1-3-19-14(18)8-13(17)12-9-20-15(16-12)11-6-4-5-10(2)7-11/h4-7,9,13,17H,3,8H2,1-2H3/t13-/m0/s1. The minimum Gasteiger partial charge on any atom is -0.466 e. The summed E-state index contributed by atoms with van der Waals surface area (Å²) in [5, 5.41) is 12.6. The highest BCUT2D eigenvalue weighted by Gasteiger charge is 2.17. The van der Waals surface area contributed by atoms with Gasteiger partial charge in [-0.15, -0.1) is 11.3 Å². The molecule has 5 heteroatoms. The number of benzene rings is 1. The first-order valence-electron chi connectivity index (χ1n) is 6.46. The average Bonchev–Trinajstić information content (AvgIpc) is 2.88. The lowest BCUT2D eigenvalue weighted by molar-refractivity contribution is -0.145. The highest BCUT2D eigenvalue weighted by Crippen LogP contribution is 2.27. The SMILES string of the molecule is CCOC(=O)C[C@H](O)c1csc(-c2cccc(C)c2)n1. The summed E-state index contributed by atoms with van der Waals surface area (Å²) in [6, 6.07) is 8.02. The first-order chi connectivity index (χ1) is 9.60. The van der Waals surface area contributed by atoms with Crippen LogP contribution in [0.5, 0.6) is 0 Å². The normalized spacial score (nSPS) is 12.2. The number of aromatic nitrogens is 1. The zero-order valence-corrected chi connectivity index (χ0v) is 12.3. The number of hydrogen-bond acceptors (Lipinski definition) is 5. The summed E-state index contributed by atoms with van der Waals surface area (Å²) < 4.78 is 4.82. The quantitative estimate of drug-likeness (QED) is 0.860. The fraction of sp³-hybridized carbons (Fsp3) is 0.333. The molecule has 0 fully saturated rings. The van der Waals surface area contributed by atoms with Crippen LogP contribution in [0.2, 0.25) is 0 Å². The Bertz CT molecular complexity index is 594. The number of ether oxygens (including phenoxy) is 1. The second-order valence-corrected chi connectivity index (χ2v) is 5.33. The molecule has 1 heterocycles. The Kier molecular flexibility index (Phi) is 4.87. The molecule has 1 aromatic heterocycles. The molecule has 0 saturated heterocycles. The van der Waals surface area contributed by atoms with Crippen molar-refractivity contribution in [2.45, 2.75) is 26.4 Å². The van der Waals surface area contributed by atoms with Crippen molar-refractivity contribution in [3.05, 3.63) is 40.9 Å². The minimum atomic E-state index is -0.913. The zero-order chi connectivity index (χ0) is 14.5. The number of carbonyl (C=O) groups excluding carboxylic acids is 1. The molecule has 0 saturated carbocycles. The van der Waals surface area contributed by atoms with Gasteiger partial charge in [0.05, 0.1) is 18.7 Å². The topological polar surface area (TPSA) is 59.4 Å². The number of thiazole rings is 1. The molecule has 0 aliphatic carbocycles. The number of aliphatic hydroxyl groups is 1. The number of esters is 1. The van der Waals surface area contributed by atoms with Gasteiger partial charge in [0.2, 0.25) is 0 Å². The molecule has 0 spiro atoms. The molecule has 0 radical (unpaired) electrons. The van der Waals surface area contributed by atoms with Crippen molar-refractivity contribution in [1.29, 1.82) is 0 Å². The van der Waals surface area contributed by atoms with E-state index in [9.17, 15) is 9.90 Å². The van der Waals surface area contributed by atoms with Crippen LogP contribution in [0.25, 0.3) is 10.6 Å². The molecule has 1 N–H and O–H groups in total. The van der Waals surface area contributed by atoms with Crippen molar-refractivity contribution in [2.75, 3.05) is 6.61 Å². The van der Waals surface area contributed by atoms with Crippen LogP contribution >= 0.6 is 11.3 Å². The van der Waals surface area contributed by atoms with Gasteiger partial charge in [-0.25, -0.2) is 4.98 Å². The van der Waals surface area contributed by atoms with E-state index in [2.05, 4.69) is 4.98 Å². The highest BCUT2D eigenvalue weighted by atomic mass is 32.1. The van der Waals surface area contributed by atoms with Crippen LogP contribution in [0.4, 0.5) is 0 Å². The number of rotatable bonds is 5. The van der Waals surface area contributed by atoms with Crippen LogP contribution in [0, 0.1) is 6.92 Å². The summed E-state index contributed by atoms with van der Waals surface area (Å²) in [4.78, 5) is 15.7. The van der Waals surface area contributed by atoms with E-state index < -0.39 is 12.1 Å².